The second-order valence-electron chi connectivity index (χ2n) is 7.67. The fraction of sp³-hybridized carbons (Fsp3) is 0.400. The molecule has 6 heteroatoms. The Kier molecular flexibility index (Phi) is 3.61. The molecule has 0 aromatic carbocycles. The summed E-state index contributed by atoms with van der Waals surface area (Å²) in [6, 6.07) is 1.96. The van der Waals surface area contributed by atoms with Gasteiger partial charge in [-0.1, -0.05) is 19.9 Å². The molecule has 0 spiro atoms. The van der Waals surface area contributed by atoms with Crippen molar-refractivity contribution in [2.24, 2.45) is 18.4 Å². The van der Waals surface area contributed by atoms with Crippen LogP contribution in [0, 0.1) is 25.2 Å². The standard InChI is InChI=1S/C20H23N5O/c1-12-8-18(23-24(12)5)25-17-9-14(15-10-21-13(2)22-11-15)6-7-16(17)20(3,4)19(25)26/h6,8-11,16H,7H2,1-5H3. The van der Waals surface area contributed by atoms with Crippen LogP contribution < -0.4 is 4.90 Å². The summed E-state index contributed by atoms with van der Waals surface area (Å²) in [4.78, 5) is 23.6. The molecule has 1 aliphatic heterocycles. The van der Waals surface area contributed by atoms with Crippen LogP contribution in [0.2, 0.25) is 0 Å². The Morgan fingerprint density at radius 2 is 1.88 bits per heavy atom. The highest BCUT2D eigenvalue weighted by Crippen LogP contribution is 2.50. The minimum Gasteiger partial charge on any atom is -0.273 e. The highest BCUT2D eigenvalue weighted by molar-refractivity contribution is 6.04. The van der Waals surface area contributed by atoms with E-state index >= 15 is 0 Å². The van der Waals surface area contributed by atoms with Crippen molar-refractivity contribution in [3.05, 3.63) is 53.4 Å². The van der Waals surface area contributed by atoms with Crippen molar-refractivity contribution in [2.45, 2.75) is 34.1 Å². The summed E-state index contributed by atoms with van der Waals surface area (Å²) in [6.45, 7) is 7.91. The fourth-order valence-corrected chi connectivity index (χ4v) is 3.75. The van der Waals surface area contributed by atoms with E-state index in [4.69, 9.17) is 0 Å². The maximum atomic E-state index is 13.2. The minimum absolute atomic E-state index is 0.0988. The van der Waals surface area contributed by atoms with Crippen LogP contribution in [0.3, 0.4) is 0 Å². The molecule has 1 saturated heterocycles. The SMILES string of the molecule is Cc1ncc(C2=CCC3C(=C2)N(c2cc(C)n(C)n2)C(=O)C3(C)C)cn1. The van der Waals surface area contributed by atoms with E-state index in [2.05, 4.69) is 27.2 Å². The molecule has 0 bridgehead atoms. The highest BCUT2D eigenvalue weighted by atomic mass is 16.2. The summed E-state index contributed by atoms with van der Waals surface area (Å²) in [5, 5.41) is 4.55. The van der Waals surface area contributed by atoms with Crippen molar-refractivity contribution in [3.8, 4) is 0 Å². The van der Waals surface area contributed by atoms with Crippen LogP contribution in [0.4, 0.5) is 5.82 Å². The van der Waals surface area contributed by atoms with Crippen molar-refractivity contribution in [1.82, 2.24) is 19.7 Å². The first-order valence-corrected chi connectivity index (χ1v) is 8.85. The summed E-state index contributed by atoms with van der Waals surface area (Å²) in [5.41, 5.74) is 3.60. The average molecular weight is 349 g/mol. The monoisotopic (exact) mass is 349 g/mol. The van der Waals surface area contributed by atoms with E-state index in [1.807, 2.05) is 53.2 Å². The van der Waals surface area contributed by atoms with Gasteiger partial charge in [0.1, 0.15) is 5.82 Å². The van der Waals surface area contributed by atoms with Crippen LogP contribution in [-0.2, 0) is 11.8 Å². The van der Waals surface area contributed by atoms with E-state index in [1.165, 1.54) is 0 Å². The van der Waals surface area contributed by atoms with Crippen molar-refractivity contribution in [1.29, 1.82) is 0 Å². The molecule has 134 valence electrons. The third kappa shape index (κ3) is 2.40. The first-order valence-electron chi connectivity index (χ1n) is 8.85. The number of fused-ring (bicyclic) bond motifs is 1. The van der Waals surface area contributed by atoms with Gasteiger partial charge in [-0.15, -0.1) is 0 Å². The van der Waals surface area contributed by atoms with Gasteiger partial charge in [-0.2, -0.15) is 5.10 Å². The molecule has 6 nitrogen and oxygen atoms in total. The highest BCUT2D eigenvalue weighted by Gasteiger charge is 2.52. The number of hydrogen-bond acceptors (Lipinski definition) is 4. The van der Waals surface area contributed by atoms with E-state index in [9.17, 15) is 4.79 Å². The molecule has 1 aliphatic carbocycles. The molecule has 1 amide bonds. The van der Waals surface area contributed by atoms with Gasteiger partial charge in [0.05, 0.1) is 5.41 Å². The van der Waals surface area contributed by atoms with Crippen LogP contribution in [-0.4, -0.2) is 25.7 Å². The van der Waals surface area contributed by atoms with Crippen LogP contribution in [0.1, 0.15) is 37.4 Å². The van der Waals surface area contributed by atoms with E-state index < -0.39 is 5.41 Å². The van der Waals surface area contributed by atoms with Crippen LogP contribution >= 0.6 is 0 Å². The van der Waals surface area contributed by atoms with Crippen molar-refractivity contribution in [3.63, 3.8) is 0 Å². The molecule has 3 heterocycles. The van der Waals surface area contributed by atoms with Gasteiger partial charge in [0.2, 0.25) is 5.91 Å². The minimum atomic E-state index is -0.455. The molecule has 2 aliphatic rings. The molecule has 0 saturated carbocycles. The second-order valence-corrected chi connectivity index (χ2v) is 7.67. The number of hydrogen-bond donors (Lipinski definition) is 0. The maximum Gasteiger partial charge on any atom is 0.238 e. The predicted octanol–water partition coefficient (Wildman–Crippen LogP) is 3.19. The Hall–Kier alpha value is -2.76. The zero-order chi connectivity index (χ0) is 18.6. The van der Waals surface area contributed by atoms with Gasteiger partial charge in [-0.3, -0.25) is 14.4 Å². The van der Waals surface area contributed by atoms with Gasteiger partial charge in [0.15, 0.2) is 5.82 Å². The molecule has 0 N–H and O–H groups in total. The number of rotatable bonds is 2. The maximum absolute atomic E-state index is 13.2. The number of allylic oxidation sites excluding steroid dienone is 4. The number of aromatic nitrogens is 4. The zero-order valence-corrected chi connectivity index (χ0v) is 15.8. The van der Waals surface area contributed by atoms with Gasteiger partial charge in [-0.05, 0) is 31.9 Å². The number of aryl methyl sites for hydroxylation is 3. The number of carbonyl (C=O) groups is 1. The fourth-order valence-electron chi connectivity index (χ4n) is 3.75. The lowest BCUT2D eigenvalue weighted by Gasteiger charge is -2.25. The first kappa shape index (κ1) is 16.7. The zero-order valence-electron chi connectivity index (χ0n) is 15.8. The third-order valence-electron chi connectivity index (χ3n) is 5.56. The molecule has 4 rings (SSSR count). The molecular weight excluding hydrogens is 326 g/mol. The van der Waals surface area contributed by atoms with E-state index in [0.717, 1.165) is 34.8 Å². The van der Waals surface area contributed by atoms with Gasteiger partial charge in [0, 0.05) is 48.4 Å². The summed E-state index contributed by atoms with van der Waals surface area (Å²) in [6.07, 6.45) is 8.77. The number of carbonyl (C=O) groups excluding carboxylic acids is 1. The largest absolute Gasteiger partial charge is 0.273 e. The predicted molar refractivity (Wildman–Crippen MR) is 100 cm³/mol. The topological polar surface area (TPSA) is 63.9 Å². The van der Waals surface area contributed by atoms with Crippen LogP contribution in [0.5, 0.6) is 0 Å². The summed E-state index contributed by atoms with van der Waals surface area (Å²) < 4.78 is 1.80. The molecule has 2 aromatic heterocycles. The summed E-state index contributed by atoms with van der Waals surface area (Å²) >= 11 is 0. The van der Waals surface area contributed by atoms with Crippen LogP contribution in [0.25, 0.3) is 5.57 Å². The molecule has 1 atom stereocenters. The first-order chi connectivity index (χ1) is 12.3. The number of amides is 1. The van der Waals surface area contributed by atoms with Crippen molar-refractivity contribution >= 4 is 17.3 Å². The van der Waals surface area contributed by atoms with E-state index in [1.54, 1.807) is 9.58 Å². The van der Waals surface area contributed by atoms with Crippen molar-refractivity contribution in [2.75, 3.05) is 4.90 Å². The quantitative estimate of drug-likeness (QED) is 0.835. The Bertz CT molecular complexity index is 930. The Balaban J connectivity index is 1.80. The molecule has 26 heavy (non-hydrogen) atoms. The summed E-state index contributed by atoms with van der Waals surface area (Å²) in [5.74, 6) is 1.69. The average Bonchev–Trinajstić information content (AvgIpc) is 3.03. The summed E-state index contributed by atoms with van der Waals surface area (Å²) in [7, 11) is 1.90. The number of nitrogens with zero attached hydrogens (tertiary/aromatic N) is 5. The lowest BCUT2D eigenvalue weighted by Crippen LogP contribution is -2.31. The molecule has 2 aromatic rings. The Morgan fingerprint density at radius 3 is 2.50 bits per heavy atom. The lowest BCUT2D eigenvalue weighted by atomic mass is 9.75. The lowest BCUT2D eigenvalue weighted by molar-refractivity contribution is -0.125. The smallest absolute Gasteiger partial charge is 0.238 e. The van der Waals surface area contributed by atoms with Gasteiger partial charge in [0.25, 0.3) is 0 Å². The van der Waals surface area contributed by atoms with Crippen LogP contribution in [0.15, 0.2) is 36.3 Å². The Labute approximate surface area is 153 Å². The van der Waals surface area contributed by atoms with Gasteiger partial charge < -0.3 is 0 Å². The Morgan fingerprint density at radius 1 is 1.19 bits per heavy atom. The number of anilines is 1. The van der Waals surface area contributed by atoms with Gasteiger partial charge in [-0.25, -0.2) is 9.97 Å². The van der Waals surface area contributed by atoms with Crippen molar-refractivity contribution < 1.29 is 4.79 Å². The second kappa shape index (κ2) is 5.62. The van der Waals surface area contributed by atoms with E-state index in [0.29, 0.717) is 5.82 Å². The third-order valence-corrected chi connectivity index (χ3v) is 5.56. The van der Waals surface area contributed by atoms with E-state index in [-0.39, 0.29) is 11.8 Å². The molecule has 1 unspecified atom stereocenters. The van der Waals surface area contributed by atoms with Gasteiger partial charge >= 0.3 is 0 Å². The molecular formula is C20H23N5O. The molecule has 1 fully saturated rings. The normalized spacial score (nSPS) is 21.5. The molecule has 0 radical (unpaired) electrons.